The summed E-state index contributed by atoms with van der Waals surface area (Å²) in [6.07, 6.45) is 0.589. The summed E-state index contributed by atoms with van der Waals surface area (Å²) >= 11 is 11.8. The van der Waals surface area contributed by atoms with E-state index in [0.717, 1.165) is 5.56 Å². The number of nitrogens with one attached hydrogen (secondary N) is 1. The fourth-order valence-corrected chi connectivity index (χ4v) is 2.08. The predicted octanol–water partition coefficient (Wildman–Crippen LogP) is 2.46. The molecule has 0 aliphatic rings. The summed E-state index contributed by atoms with van der Waals surface area (Å²) in [7, 11) is 0. The monoisotopic (exact) mass is 291 g/mol. The summed E-state index contributed by atoms with van der Waals surface area (Å²) in [5.41, 5.74) is 1.04. The molecule has 3 nitrogen and oxygen atoms in total. The van der Waals surface area contributed by atoms with Gasteiger partial charge in [-0.15, -0.1) is 0 Å². The van der Waals surface area contributed by atoms with Crippen molar-refractivity contribution in [3.05, 3.63) is 33.8 Å². The highest BCUT2D eigenvalue weighted by molar-refractivity contribution is 6.42. The Morgan fingerprint density at radius 3 is 2.50 bits per heavy atom. The maximum atomic E-state index is 9.22. The quantitative estimate of drug-likeness (QED) is 0.723. The van der Waals surface area contributed by atoms with Crippen molar-refractivity contribution in [1.29, 1.82) is 0 Å². The van der Waals surface area contributed by atoms with Crippen LogP contribution in [0.1, 0.15) is 18.9 Å². The van der Waals surface area contributed by atoms with Gasteiger partial charge in [-0.05, 0) is 37.0 Å². The highest BCUT2D eigenvalue weighted by Crippen LogP contribution is 2.22. The number of benzene rings is 1. The van der Waals surface area contributed by atoms with E-state index in [9.17, 15) is 5.11 Å². The van der Waals surface area contributed by atoms with E-state index in [0.29, 0.717) is 23.0 Å². The van der Waals surface area contributed by atoms with Crippen LogP contribution < -0.4 is 5.32 Å². The number of aliphatic hydroxyl groups is 2. The third-order valence-electron chi connectivity index (χ3n) is 3.05. The molecule has 0 aliphatic carbocycles. The molecule has 0 saturated heterocycles. The second kappa shape index (κ2) is 7.97. The first-order valence-electron chi connectivity index (χ1n) is 5.97. The van der Waals surface area contributed by atoms with Gasteiger partial charge in [0.05, 0.1) is 10.0 Å². The van der Waals surface area contributed by atoms with E-state index in [2.05, 4.69) is 5.32 Å². The fraction of sp³-hybridized carbons (Fsp3) is 0.538. The van der Waals surface area contributed by atoms with Crippen molar-refractivity contribution in [1.82, 2.24) is 5.32 Å². The van der Waals surface area contributed by atoms with E-state index in [-0.39, 0.29) is 25.2 Å². The van der Waals surface area contributed by atoms with Crippen LogP contribution in [-0.4, -0.2) is 29.5 Å². The van der Waals surface area contributed by atoms with Crippen LogP contribution in [-0.2, 0) is 6.54 Å². The van der Waals surface area contributed by atoms with Crippen LogP contribution in [0.25, 0.3) is 0 Å². The van der Waals surface area contributed by atoms with E-state index in [1.54, 1.807) is 6.07 Å². The van der Waals surface area contributed by atoms with Crippen molar-refractivity contribution in [3.63, 3.8) is 0 Å². The van der Waals surface area contributed by atoms with Gasteiger partial charge in [0.2, 0.25) is 0 Å². The summed E-state index contributed by atoms with van der Waals surface area (Å²) in [4.78, 5) is 0. The van der Waals surface area contributed by atoms with E-state index >= 15 is 0 Å². The van der Waals surface area contributed by atoms with Gasteiger partial charge < -0.3 is 15.5 Å². The lowest BCUT2D eigenvalue weighted by atomic mass is 9.98. The summed E-state index contributed by atoms with van der Waals surface area (Å²) in [5, 5.41) is 22.5. The summed E-state index contributed by atoms with van der Waals surface area (Å²) < 4.78 is 0. The molecule has 3 N–H and O–H groups in total. The van der Waals surface area contributed by atoms with Gasteiger partial charge in [0.1, 0.15) is 0 Å². The molecular formula is C13H19Cl2NO2. The summed E-state index contributed by atoms with van der Waals surface area (Å²) in [6.45, 7) is 2.80. The molecule has 5 heteroatoms. The van der Waals surface area contributed by atoms with Crippen molar-refractivity contribution < 1.29 is 10.2 Å². The third-order valence-corrected chi connectivity index (χ3v) is 3.79. The molecule has 0 aromatic heterocycles. The zero-order valence-electron chi connectivity index (χ0n) is 10.4. The number of hydrogen-bond acceptors (Lipinski definition) is 3. The fourth-order valence-electron chi connectivity index (χ4n) is 1.76. The van der Waals surface area contributed by atoms with Crippen LogP contribution >= 0.6 is 23.2 Å². The first-order valence-corrected chi connectivity index (χ1v) is 6.73. The van der Waals surface area contributed by atoms with E-state index < -0.39 is 0 Å². The van der Waals surface area contributed by atoms with Crippen LogP contribution in [0.4, 0.5) is 0 Å². The van der Waals surface area contributed by atoms with E-state index in [1.165, 1.54) is 0 Å². The molecule has 0 bridgehead atoms. The molecule has 102 valence electrons. The molecule has 0 heterocycles. The molecule has 0 radical (unpaired) electrons. The number of hydrogen-bond donors (Lipinski definition) is 3. The van der Waals surface area contributed by atoms with Crippen LogP contribution in [0.2, 0.25) is 10.0 Å². The first-order chi connectivity index (χ1) is 8.58. The molecule has 2 unspecified atom stereocenters. The van der Waals surface area contributed by atoms with E-state index in [1.807, 2.05) is 19.1 Å². The average Bonchev–Trinajstić information content (AvgIpc) is 2.37. The van der Waals surface area contributed by atoms with Crippen molar-refractivity contribution >= 4 is 23.2 Å². The lowest BCUT2D eigenvalue weighted by Crippen LogP contribution is -2.35. The maximum absolute atomic E-state index is 9.22. The molecule has 0 fully saturated rings. The van der Waals surface area contributed by atoms with Gasteiger partial charge in [0.25, 0.3) is 0 Å². The molecule has 1 aromatic rings. The number of halogens is 2. The Hall–Kier alpha value is -0.320. The lowest BCUT2D eigenvalue weighted by molar-refractivity contribution is 0.157. The predicted molar refractivity (Wildman–Crippen MR) is 75.0 cm³/mol. The molecule has 0 spiro atoms. The zero-order valence-corrected chi connectivity index (χ0v) is 11.9. The molecule has 18 heavy (non-hydrogen) atoms. The number of rotatable bonds is 7. The van der Waals surface area contributed by atoms with Gasteiger partial charge in [0, 0.05) is 25.8 Å². The second-order valence-corrected chi connectivity index (χ2v) is 5.19. The second-order valence-electron chi connectivity index (χ2n) is 4.37. The minimum atomic E-state index is 0.0535. The average molecular weight is 292 g/mol. The Bertz CT molecular complexity index is 374. The Morgan fingerprint density at radius 2 is 1.94 bits per heavy atom. The largest absolute Gasteiger partial charge is 0.396 e. The van der Waals surface area contributed by atoms with Crippen LogP contribution in [0.15, 0.2) is 18.2 Å². The Labute approximate surface area is 118 Å². The van der Waals surface area contributed by atoms with Crippen molar-refractivity contribution in [2.24, 2.45) is 5.92 Å². The Balaban J connectivity index is 2.50. The van der Waals surface area contributed by atoms with Gasteiger partial charge in [-0.1, -0.05) is 29.3 Å². The zero-order chi connectivity index (χ0) is 13.5. The smallest absolute Gasteiger partial charge is 0.0595 e. The molecule has 0 saturated carbocycles. The van der Waals surface area contributed by atoms with Crippen molar-refractivity contribution in [3.8, 4) is 0 Å². The highest BCUT2D eigenvalue weighted by Gasteiger charge is 2.15. The maximum Gasteiger partial charge on any atom is 0.0595 e. The van der Waals surface area contributed by atoms with Crippen LogP contribution in [0.3, 0.4) is 0 Å². The molecule has 1 aromatic carbocycles. The highest BCUT2D eigenvalue weighted by atomic mass is 35.5. The van der Waals surface area contributed by atoms with Gasteiger partial charge in [-0.25, -0.2) is 0 Å². The summed E-state index contributed by atoms with van der Waals surface area (Å²) in [5.74, 6) is 0.0535. The molecular weight excluding hydrogens is 273 g/mol. The minimum absolute atomic E-state index is 0.0535. The van der Waals surface area contributed by atoms with Crippen LogP contribution in [0, 0.1) is 5.92 Å². The van der Waals surface area contributed by atoms with E-state index in [4.69, 9.17) is 28.3 Å². The minimum Gasteiger partial charge on any atom is -0.396 e. The topological polar surface area (TPSA) is 52.5 Å². The lowest BCUT2D eigenvalue weighted by Gasteiger charge is -2.22. The van der Waals surface area contributed by atoms with Gasteiger partial charge in [0.15, 0.2) is 0 Å². The first kappa shape index (κ1) is 15.7. The van der Waals surface area contributed by atoms with Crippen molar-refractivity contribution in [2.75, 3.05) is 13.2 Å². The van der Waals surface area contributed by atoms with Gasteiger partial charge in [-0.2, -0.15) is 0 Å². The molecule has 1 rings (SSSR count). The molecule has 2 atom stereocenters. The standard InChI is InChI=1S/C13H19Cl2NO2/c1-9(11(8-18)4-5-17)16-7-10-2-3-12(14)13(15)6-10/h2-3,6,9,11,16-18H,4-5,7-8H2,1H3. The normalized spacial score (nSPS) is 14.5. The SMILES string of the molecule is CC(NCc1ccc(Cl)c(Cl)c1)C(CO)CCO. The summed E-state index contributed by atoms with van der Waals surface area (Å²) in [6, 6.07) is 5.62. The molecule has 0 aliphatic heterocycles. The van der Waals surface area contributed by atoms with Gasteiger partial charge >= 0.3 is 0 Å². The van der Waals surface area contributed by atoms with Crippen LogP contribution in [0.5, 0.6) is 0 Å². The Kier molecular flexibility index (Phi) is 6.97. The molecule has 0 amide bonds. The Morgan fingerprint density at radius 1 is 1.22 bits per heavy atom. The van der Waals surface area contributed by atoms with Gasteiger partial charge in [-0.3, -0.25) is 0 Å². The third kappa shape index (κ3) is 4.75. The number of aliphatic hydroxyl groups excluding tert-OH is 2. The van der Waals surface area contributed by atoms with Crippen molar-refractivity contribution in [2.45, 2.75) is 25.9 Å².